The molecular weight excluding hydrogens is 250 g/mol. The maximum atomic E-state index is 10.8. The van der Waals surface area contributed by atoms with Gasteiger partial charge in [0.25, 0.3) is 5.69 Å². The first-order valence-electron chi connectivity index (χ1n) is 5.27. The number of hydrogen-bond donors (Lipinski definition) is 1. The van der Waals surface area contributed by atoms with Crippen LogP contribution in [-0.2, 0) is 0 Å². The first-order chi connectivity index (χ1) is 8.54. The van der Waals surface area contributed by atoms with Gasteiger partial charge in [-0.15, -0.1) is 0 Å². The zero-order chi connectivity index (χ0) is 13.1. The summed E-state index contributed by atoms with van der Waals surface area (Å²) in [6.07, 6.45) is 0. The number of rotatable bonds is 3. The Morgan fingerprint density at radius 3 is 2.39 bits per heavy atom. The normalized spacial score (nSPS) is 10.3. The van der Waals surface area contributed by atoms with Crippen LogP contribution < -0.4 is 0 Å². The molecule has 5 heteroatoms. The lowest BCUT2D eigenvalue weighted by molar-refractivity contribution is -0.385. The molecule has 0 aromatic heterocycles. The Kier molecular flexibility index (Phi) is 3.53. The number of phenols is 1. The van der Waals surface area contributed by atoms with E-state index in [0.29, 0.717) is 0 Å². The van der Waals surface area contributed by atoms with Gasteiger partial charge in [0.2, 0.25) is 0 Å². The van der Waals surface area contributed by atoms with Gasteiger partial charge >= 0.3 is 0 Å². The van der Waals surface area contributed by atoms with Crippen molar-refractivity contribution in [2.24, 2.45) is 0 Å². The maximum absolute atomic E-state index is 10.8. The van der Waals surface area contributed by atoms with Gasteiger partial charge in [-0.3, -0.25) is 10.1 Å². The van der Waals surface area contributed by atoms with Crippen molar-refractivity contribution in [3.05, 3.63) is 58.1 Å². The quantitative estimate of drug-likeness (QED) is 0.675. The van der Waals surface area contributed by atoms with E-state index in [1.807, 2.05) is 13.0 Å². The molecule has 0 spiro atoms. The predicted octanol–water partition coefficient (Wildman–Crippen LogP) is 3.76. The first-order valence-corrected chi connectivity index (χ1v) is 6.09. The van der Waals surface area contributed by atoms with E-state index in [1.54, 1.807) is 36.4 Å². The van der Waals surface area contributed by atoms with E-state index >= 15 is 0 Å². The van der Waals surface area contributed by atoms with E-state index in [-0.39, 0.29) is 11.4 Å². The zero-order valence-corrected chi connectivity index (χ0v) is 10.5. The van der Waals surface area contributed by atoms with Crippen LogP contribution in [0.5, 0.6) is 5.75 Å². The summed E-state index contributed by atoms with van der Waals surface area (Å²) in [6.45, 7) is 1.83. The fourth-order valence-corrected chi connectivity index (χ4v) is 2.51. The average molecular weight is 261 g/mol. The monoisotopic (exact) mass is 261 g/mol. The van der Waals surface area contributed by atoms with Crippen LogP contribution in [0.4, 0.5) is 5.69 Å². The van der Waals surface area contributed by atoms with Crippen LogP contribution in [0, 0.1) is 17.0 Å². The van der Waals surface area contributed by atoms with E-state index in [1.165, 1.54) is 11.8 Å². The fraction of sp³-hybridized carbons (Fsp3) is 0.0769. The molecule has 0 atom stereocenters. The van der Waals surface area contributed by atoms with E-state index in [9.17, 15) is 15.2 Å². The molecule has 0 aliphatic heterocycles. The van der Waals surface area contributed by atoms with E-state index in [0.717, 1.165) is 15.4 Å². The second-order valence-corrected chi connectivity index (χ2v) is 5.00. The van der Waals surface area contributed by atoms with Crippen LogP contribution >= 0.6 is 11.8 Å². The molecule has 0 aliphatic rings. The summed E-state index contributed by atoms with van der Waals surface area (Å²) in [5, 5.41) is 20.0. The average Bonchev–Trinajstić information content (AvgIpc) is 2.31. The van der Waals surface area contributed by atoms with E-state index in [2.05, 4.69) is 0 Å². The van der Waals surface area contributed by atoms with Crippen LogP contribution in [0.25, 0.3) is 0 Å². The molecule has 18 heavy (non-hydrogen) atoms. The highest BCUT2D eigenvalue weighted by molar-refractivity contribution is 7.99. The molecule has 0 unspecified atom stereocenters. The summed E-state index contributed by atoms with van der Waals surface area (Å²) in [4.78, 5) is 12.1. The Labute approximate surface area is 108 Å². The molecule has 0 amide bonds. The summed E-state index contributed by atoms with van der Waals surface area (Å²) in [6, 6.07) is 11.7. The van der Waals surface area contributed by atoms with E-state index < -0.39 is 4.92 Å². The summed E-state index contributed by atoms with van der Waals surface area (Å²) >= 11 is 1.43. The molecule has 2 aromatic rings. The maximum Gasteiger partial charge on any atom is 0.270 e. The van der Waals surface area contributed by atoms with Gasteiger partial charge in [0.1, 0.15) is 5.75 Å². The van der Waals surface area contributed by atoms with Gasteiger partial charge in [-0.05, 0) is 42.8 Å². The predicted molar refractivity (Wildman–Crippen MR) is 70.1 cm³/mol. The summed E-state index contributed by atoms with van der Waals surface area (Å²) < 4.78 is 0. The fourth-order valence-electron chi connectivity index (χ4n) is 1.54. The lowest BCUT2D eigenvalue weighted by Crippen LogP contribution is -1.89. The minimum atomic E-state index is -0.395. The minimum Gasteiger partial charge on any atom is -0.508 e. The molecule has 92 valence electrons. The molecule has 1 N–H and O–H groups in total. The lowest BCUT2D eigenvalue weighted by atomic mass is 10.2. The minimum absolute atomic E-state index is 0.0938. The highest BCUT2D eigenvalue weighted by Gasteiger charge is 2.08. The number of hydrogen-bond acceptors (Lipinski definition) is 4. The topological polar surface area (TPSA) is 63.4 Å². The van der Waals surface area contributed by atoms with Crippen molar-refractivity contribution in [2.75, 3.05) is 0 Å². The van der Waals surface area contributed by atoms with Crippen molar-refractivity contribution in [1.29, 1.82) is 0 Å². The summed E-state index contributed by atoms with van der Waals surface area (Å²) in [7, 11) is 0. The Balaban J connectivity index is 2.28. The number of nitro groups is 1. The molecule has 2 rings (SSSR count). The Morgan fingerprint density at radius 1 is 1.11 bits per heavy atom. The molecular formula is C13H11NO3S. The van der Waals surface area contributed by atoms with Gasteiger partial charge in [0.05, 0.1) is 4.92 Å². The van der Waals surface area contributed by atoms with Crippen molar-refractivity contribution < 1.29 is 10.0 Å². The molecule has 0 aliphatic carbocycles. The molecule has 2 aromatic carbocycles. The van der Waals surface area contributed by atoms with Gasteiger partial charge in [0, 0.05) is 21.9 Å². The van der Waals surface area contributed by atoms with Crippen molar-refractivity contribution >= 4 is 17.4 Å². The third-order valence-corrected chi connectivity index (χ3v) is 3.30. The molecule has 0 fully saturated rings. The number of non-ortho nitro benzene ring substituents is 1. The third kappa shape index (κ3) is 3.01. The van der Waals surface area contributed by atoms with Crippen molar-refractivity contribution in [3.63, 3.8) is 0 Å². The molecule has 0 saturated heterocycles. The number of benzene rings is 2. The molecule has 0 bridgehead atoms. The van der Waals surface area contributed by atoms with E-state index in [4.69, 9.17) is 0 Å². The number of aromatic hydroxyl groups is 1. The Hall–Kier alpha value is -2.01. The van der Waals surface area contributed by atoms with Crippen molar-refractivity contribution in [2.45, 2.75) is 16.7 Å². The smallest absolute Gasteiger partial charge is 0.270 e. The van der Waals surface area contributed by atoms with Crippen molar-refractivity contribution in [3.8, 4) is 5.75 Å². The lowest BCUT2D eigenvalue weighted by Gasteiger charge is -2.03. The number of aryl methyl sites for hydroxylation is 1. The number of phenolic OH excluding ortho intramolecular Hbond substituents is 1. The SMILES string of the molecule is Cc1cc(Sc2ccc(O)cc2)cc([N+](=O)[O-])c1. The van der Waals surface area contributed by atoms with Crippen LogP contribution in [0.1, 0.15) is 5.56 Å². The van der Waals surface area contributed by atoms with Crippen molar-refractivity contribution in [1.82, 2.24) is 0 Å². The molecule has 4 nitrogen and oxygen atoms in total. The molecule has 0 heterocycles. The Bertz CT molecular complexity index is 581. The Morgan fingerprint density at radius 2 is 1.78 bits per heavy atom. The first kappa shape index (κ1) is 12.4. The van der Waals surface area contributed by atoms with Gasteiger partial charge in [-0.2, -0.15) is 0 Å². The second kappa shape index (κ2) is 5.10. The number of nitro benzene ring substituents is 1. The largest absolute Gasteiger partial charge is 0.508 e. The van der Waals surface area contributed by atoms with Gasteiger partial charge < -0.3 is 5.11 Å². The van der Waals surface area contributed by atoms with Crippen LogP contribution in [0.2, 0.25) is 0 Å². The van der Waals surface area contributed by atoms with Gasteiger partial charge in [-0.1, -0.05) is 11.8 Å². The zero-order valence-electron chi connectivity index (χ0n) is 9.66. The molecule has 0 radical (unpaired) electrons. The van der Waals surface area contributed by atoms with Gasteiger partial charge in [0.15, 0.2) is 0 Å². The van der Waals surface area contributed by atoms with Crippen LogP contribution in [0.15, 0.2) is 52.3 Å². The third-order valence-electron chi connectivity index (χ3n) is 2.32. The standard InChI is InChI=1S/C13H11NO3S/c1-9-6-10(14(16)17)8-13(7-9)18-12-4-2-11(15)3-5-12/h2-8,15H,1H3. The summed E-state index contributed by atoms with van der Waals surface area (Å²) in [5.74, 6) is 0.203. The van der Waals surface area contributed by atoms with Crippen LogP contribution in [-0.4, -0.2) is 10.0 Å². The highest BCUT2D eigenvalue weighted by Crippen LogP contribution is 2.31. The summed E-state index contributed by atoms with van der Waals surface area (Å²) in [5.41, 5.74) is 0.946. The van der Waals surface area contributed by atoms with Gasteiger partial charge in [-0.25, -0.2) is 0 Å². The van der Waals surface area contributed by atoms with Crippen LogP contribution in [0.3, 0.4) is 0 Å². The second-order valence-electron chi connectivity index (χ2n) is 3.86. The highest BCUT2D eigenvalue weighted by atomic mass is 32.2. The number of nitrogens with zero attached hydrogens (tertiary/aromatic N) is 1. The molecule has 0 saturated carbocycles.